The summed E-state index contributed by atoms with van der Waals surface area (Å²) in [7, 11) is 2.22. The van der Waals surface area contributed by atoms with Crippen LogP contribution < -0.4 is 10.2 Å². The van der Waals surface area contributed by atoms with Gasteiger partial charge in [-0.2, -0.15) is 0 Å². The van der Waals surface area contributed by atoms with E-state index in [4.69, 9.17) is 0 Å². The number of hydrogen-bond donors (Lipinski definition) is 1. The third kappa shape index (κ3) is 3.22. The third-order valence-electron chi connectivity index (χ3n) is 3.49. The molecule has 0 radical (unpaired) electrons. The standard InChI is InChI=1S/C15H24N2/c1-4-9-16-11-13-5-8-15(12(2)10-13)17(3)14-6-7-14/h5,8,10,14,16H,4,6-7,9,11H2,1-3H3. The highest BCUT2D eigenvalue weighted by Crippen LogP contribution is 2.32. The van der Waals surface area contributed by atoms with Crippen molar-refractivity contribution in [3.05, 3.63) is 29.3 Å². The van der Waals surface area contributed by atoms with Gasteiger partial charge in [-0.3, -0.25) is 0 Å². The van der Waals surface area contributed by atoms with Crippen LogP contribution in [-0.2, 0) is 6.54 Å². The first-order valence-electron chi connectivity index (χ1n) is 6.75. The summed E-state index contributed by atoms with van der Waals surface area (Å²) in [4.78, 5) is 2.43. The molecule has 1 aliphatic carbocycles. The summed E-state index contributed by atoms with van der Waals surface area (Å²) < 4.78 is 0. The fourth-order valence-electron chi connectivity index (χ4n) is 2.29. The minimum Gasteiger partial charge on any atom is -0.371 e. The molecule has 17 heavy (non-hydrogen) atoms. The van der Waals surface area contributed by atoms with E-state index in [1.807, 2.05) is 0 Å². The molecule has 0 saturated heterocycles. The highest BCUT2D eigenvalue weighted by atomic mass is 15.2. The van der Waals surface area contributed by atoms with Crippen LogP contribution in [0.1, 0.15) is 37.3 Å². The number of benzene rings is 1. The molecular weight excluding hydrogens is 208 g/mol. The Labute approximate surface area is 105 Å². The molecule has 1 aliphatic rings. The van der Waals surface area contributed by atoms with Crippen molar-refractivity contribution in [1.82, 2.24) is 5.32 Å². The molecule has 2 rings (SSSR count). The lowest BCUT2D eigenvalue weighted by Crippen LogP contribution is -2.20. The smallest absolute Gasteiger partial charge is 0.0396 e. The van der Waals surface area contributed by atoms with Crippen LogP contribution in [0.4, 0.5) is 5.69 Å². The highest BCUT2D eigenvalue weighted by molar-refractivity contribution is 5.55. The van der Waals surface area contributed by atoms with Gasteiger partial charge >= 0.3 is 0 Å². The SMILES string of the molecule is CCCNCc1ccc(N(C)C2CC2)c(C)c1. The van der Waals surface area contributed by atoms with Crippen LogP contribution >= 0.6 is 0 Å². The molecule has 0 spiro atoms. The molecule has 0 aliphatic heterocycles. The van der Waals surface area contributed by atoms with Gasteiger partial charge in [-0.05, 0) is 49.9 Å². The normalized spacial score (nSPS) is 15.0. The number of anilines is 1. The van der Waals surface area contributed by atoms with E-state index in [-0.39, 0.29) is 0 Å². The van der Waals surface area contributed by atoms with Crippen molar-refractivity contribution in [2.24, 2.45) is 0 Å². The average Bonchev–Trinajstić information content (AvgIpc) is 3.13. The molecule has 1 fully saturated rings. The fraction of sp³-hybridized carbons (Fsp3) is 0.600. The number of nitrogens with zero attached hydrogens (tertiary/aromatic N) is 1. The zero-order valence-electron chi connectivity index (χ0n) is 11.3. The van der Waals surface area contributed by atoms with Crippen molar-refractivity contribution in [3.63, 3.8) is 0 Å². The summed E-state index contributed by atoms with van der Waals surface area (Å²) in [5, 5.41) is 3.45. The van der Waals surface area contributed by atoms with Gasteiger partial charge in [0.15, 0.2) is 0 Å². The molecule has 1 N–H and O–H groups in total. The van der Waals surface area contributed by atoms with Crippen LogP contribution in [0.2, 0.25) is 0 Å². The van der Waals surface area contributed by atoms with Crippen molar-refractivity contribution in [2.45, 2.75) is 45.7 Å². The molecule has 0 unspecified atom stereocenters. The van der Waals surface area contributed by atoms with Crippen LogP contribution in [0.3, 0.4) is 0 Å². The minimum absolute atomic E-state index is 0.790. The molecular formula is C15H24N2. The van der Waals surface area contributed by atoms with Gasteiger partial charge in [-0.25, -0.2) is 0 Å². The predicted octanol–water partition coefficient (Wildman–Crippen LogP) is 3.09. The van der Waals surface area contributed by atoms with E-state index in [0.717, 1.165) is 19.1 Å². The van der Waals surface area contributed by atoms with Gasteiger partial charge in [0.2, 0.25) is 0 Å². The monoisotopic (exact) mass is 232 g/mol. The first kappa shape index (κ1) is 12.4. The Morgan fingerprint density at radius 3 is 2.71 bits per heavy atom. The molecule has 0 amide bonds. The van der Waals surface area contributed by atoms with Gasteiger partial charge < -0.3 is 10.2 Å². The van der Waals surface area contributed by atoms with E-state index in [0.29, 0.717) is 0 Å². The lowest BCUT2D eigenvalue weighted by atomic mass is 10.1. The van der Waals surface area contributed by atoms with Crippen molar-refractivity contribution >= 4 is 5.69 Å². The summed E-state index contributed by atoms with van der Waals surface area (Å²) in [5.74, 6) is 0. The summed E-state index contributed by atoms with van der Waals surface area (Å²) in [6, 6.07) is 7.63. The molecule has 0 bridgehead atoms. The molecule has 2 heteroatoms. The average molecular weight is 232 g/mol. The largest absolute Gasteiger partial charge is 0.371 e. The van der Waals surface area contributed by atoms with E-state index in [9.17, 15) is 0 Å². The molecule has 0 aromatic heterocycles. The van der Waals surface area contributed by atoms with E-state index in [1.165, 1.54) is 36.1 Å². The number of hydrogen-bond acceptors (Lipinski definition) is 2. The Balaban J connectivity index is 2.00. The second kappa shape index (κ2) is 5.54. The minimum atomic E-state index is 0.790. The lowest BCUT2D eigenvalue weighted by molar-refractivity contribution is 0.675. The van der Waals surface area contributed by atoms with Gasteiger partial charge in [-0.1, -0.05) is 19.1 Å². The first-order valence-corrected chi connectivity index (χ1v) is 6.75. The summed E-state index contributed by atoms with van der Waals surface area (Å²) in [6.45, 7) is 6.51. The predicted molar refractivity (Wildman–Crippen MR) is 74.6 cm³/mol. The Kier molecular flexibility index (Phi) is 4.06. The second-order valence-electron chi connectivity index (χ2n) is 5.14. The summed E-state index contributed by atoms with van der Waals surface area (Å²) in [6.07, 6.45) is 3.91. The molecule has 1 aromatic rings. The maximum atomic E-state index is 3.45. The van der Waals surface area contributed by atoms with E-state index in [1.54, 1.807) is 0 Å². The van der Waals surface area contributed by atoms with Gasteiger partial charge in [0.1, 0.15) is 0 Å². The maximum absolute atomic E-state index is 3.45. The number of rotatable bonds is 6. The van der Waals surface area contributed by atoms with Crippen LogP contribution in [0, 0.1) is 6.92 Å². The molecule has 1 saturated carbocycles. The van der Waals surface area contributed by atoms with Gasteiger partial charge in [-0.15, -0.1) is 0 Å². The number of nitrogens with one attached hydrogen (secondary N) is 1. The number of aryl methyl sites for hydroxylation is 1. The summed E-state index contributed by atoms with van der Waals surface area (Å²) >= 11 is 0. The Bertz CT molecular complexity index is 369. The van der Waals surface area contributed by atoms with Crippen LogP contribution in [0.15, 0.2) is 18.2 Å². The molecule has 0 atom stereocenters. The van der Waals surface area contributed by atoms with Gasteiger partial charge in [0, 0.05) is 25.3 Å². The topological polar surface area (TPSA) is 15.3 Å². The molecule has 94 valence electrons. The quantitative estimate of drug-likeness (QED) is 0.758. The van der Waals surface area contributed by atoms with Crippen LogP contribution in [0.5, 0.6) is 0 Å². The fourth-order valence-corrected chi connectivity index (χ4v) is 2.29. The Morgan fingerprint density at radius 1 is 1.35 bits per heavy atom. The van der Waals surface area contributed by atoms with Crippen molar-refractivity contribution in [3.8, 4) is 0 Å². The third-order valence-corrected chi connectivity index (χ3v) is 3.49. The van der Waals surface area contributed by atoms with Crippen LogP contribution in [0.25, 0.3) is 0 Å². The van der Waals surface area contributed by atoms with Crippen molar-refractivity contribution in [2.75, 3.05) is 18.5 Å². The first-order chi connectivity index (χ1) is 8.22. The second-order valence-corrected chi connectivity index (χ2v) is 5.14. The van der Waals surface area contributed by atoms with Crippen LogP contribution in [-0.4, -0.2) is 19.6 Å². The van der Waals surface area contributed by atoms with Crippen molar-refractivity contribution < 1.29 is 0 Å². The van der Waals surface area contributed by atoms with E-state index < -0.39 is 0 Å². The van der Waals surface area contributed by atoms with Gasteiger partial charge in [0.25, 0.3) is 0 Å². The molecule has 1 aromatic carbocycles. The lowest BCUT2D eigenvalue weighted by Gasteiger charge is -2.21. The Morgan fingerprint density at radius 2 is 2.12 bits per heavy atom. The zero-order chi connectivity index (χ0) is 12.3. The Hall–Kier alpha value is -1.02. The summed E-state index contributed by atoms with van der Waals surface area (Å²) in [5.41, 5.74) is 4.19. The zero-order valence-corrected chi connectivity index (χ0v) is 11.3. The maximum Gasteiger partial charge on any atom is 0.0396 e. The highest BCUT2D eigenvalue weighted by Gasteiger charge is 2.26. The van der Waals surface area contributed by atoms with E-state index in [2.05, 4.69) is 49.3 Å². The molecule has 0 heterocycles. The molecule has 2 nitrogen and oxygen atoms in total. The van der Waals surface area contributed by atoms with Crippen molar-refractivity contribution in [1.29, 1.82) is 0 Å². The van der Waals surface area contributed by atoms with Gasteiger partial charge in [0.05, 0.1) is 0 Å². The van der Waals surface area contributed by atoms with E-state index >= 15 is 0 Å².